The molecule has 2 fully saturated rings. The van der Waals surface area contributed by atoms with Crippen molar-refractivity contribution in [2.75, 3.05) is 0 Å². The van der Waals surface area contributed by atoms with Crippen LogP contribution in [0.4, 0.5) is 0 Å². The lowest BCUT2D eigenvalue weighted by Gasteiger charge is -2.28. The summed E-state index contributed by atoms with van der Waals surface area (Å²) in [7, 11) is 0. The van der Waals surface area contributed by atoms with Crippen LogP contribution in [-0.4, -0.2) is 26.9 Å². The van der Waals surface area contributed by atoms with Crippen LogP contribution in [0.15, 0.2) is 18.5 Å². The lowest BCUT2D eigenvalue weighted by atomic mass is 9.83. The molecule has 144 valence electrons. The van der Waals surface area contributed by atoms with Crippen LogP contribution in [0.3, 0.4) is 0 Å². The van der Waals surface area contributed by atoms with Crippen LogP contribution >= 0.6 is 0 Å². The Balaban J connectivity index is 1.62. The van der Waals surface area contributed by atoms with E-state index in [1.54, 1.807) is 11.4 Å². The molecule has 2 aliphatic rings. The third kappa shape index (κ3) is 3.96. The Morgan fingerprint density at radius 3 is 2.59 bits per heavy atom. The van der Waals surface area contributed by atoms with Crippen LogP contribution in [0.2, 0.25) is 0 Å². The molecule has 4 rings (SSSR count). The van der Waals surface area contributed by atoms with E-state index in [9.17, 15) is 9.59 Å². The Labute approximate surface area is 158 Å². The average molecular weight is 369 g/mol. The minimum absolute atomic E-state index is 0.00221. The second kappa shape index (κ2) is 7.66. The van der Waals surface area contributed by atoms with Crippen LogP contribution in [0.1, 0.15) is 75.2 Å². The number of carbonyl (C=O) groups is 2. The van der Waals surface area contributed by atoms with E-state index in [1.165, 1.54) is 19.3 Å². The molecule has 7 nitrogen and oxygen atoms in total. The number of nitrogens with one attached hydrogen (secondary N) is 2. The van der Waals surface area contributed by atoms with Gasteiger partial charge in [-0.2, -0.15) is 5.10 Å². The van der Waals surface area contributed by atoms with Gasteiger partial charge in [0.15, 0.2) is 5.65 Å². The molecule has 2 aliphatic carbocycles. The maximum atomic E-state index is 11.6. The topological polar surface area (TPSA) is 88.4 Å². The summed E-state index contributed by atoms with van der Waals surface area (Å²) in [5, 5.41) is 10.5. The van der Waals surface area contributed by atoms with Crippen molar-refractivity contribution in [3.8, 4) is 0 Å². The standard InChI is InChI=1S/C20H27N5O2/c1-13(27)23-19(15-7-8-15)16-9-18-24-17(11-25(18)22-10-16)20(21-12-26)14-5-3-2-4-6-14/h9-12,14-15,19-20H,2-8H2,1H3,(H,21,26)(H,23,27). The Kier molecular flexibility index (Phi) is 5.09. The smallest absolute Gasteiger partial charge is 0.217 e. The molecule has 27 heavy (non-hydrogen) atoms. The van der Waals surface area contributed by atoms with Crippen molar-refractivity contribution in [1.82, 2.24) is 25.2 Å². The Bertz CT molecular complexity index is 823. The zero-order valence-electron chi connectivity index (χ0n) is 15.7. The SMILES string of the molecule is CC(=O)NC(c1cnn2cc(C(NC=O)C3CCCCC3)nc2c1)C1CC1. The van der Waals surface area contributed by atoms with Crippen LogP contribution in [0.25, 0.3) is 5.65 Å². The van der Waals surface area contributed by atoms with E-state index in [2.05, 4.69) is 15.7 Å². The molecule has 0 aliphatic heterocycles. The molecule has 2 atom stereocenters. The summed E-state index contributed by atoms with van der Waals surface area (Å²) in [5.74, 6) is 0.884. The zero-order chi connectivity index (χ0) is 18.8. The summed E-state index contributed by atoms with van der Waals surface area (Å²) in [6, 6.07) is 1.94. The molecule has 7 heteroatoms. The fourth-order valence-corrected chi connectivity index (χ4v) is 4.36. The summed E-state index contributed by atoms with van der Waals surface area (Å²) >= 11 is 0. The Hall–Kier alpha value is -2.44. The number of nitrogens with zero attached hydrogens (tertiary/aromatic N) is 3. The molecular weight excluding hydrogens is 342 g/mol. The third-order valence-electron chi connectivity index (χ3n) is 5.86. The predicted molar refractivity (Wildman–Crippen MR) is 101 cm³/mol. The van der Waals surface area contributed by atoms with Gasteiger partial charge in [-0.05, 0) is 49.1 Å². The summed E-state index contributed by atoms with van der Waals surface area (Å²) in [4.78, 5) is 27.5. The number of hydrogen-bond donors (Lipinski definition) is 2. The van der Waals surface area contributed by atoms with Gasteiger partial charge in [-0.1, -0.05) is 19.3 Å². The Morgan fingerprint density at radius 2 is 1.93 bits per heavy atom. The highest BCUT2D eigenvalue weighted by Crippen LogP contribution is 2.41. The molecule has 0 bridgehead atoms. The first-order valence-corrected chi connectivity index (χ1v) is 9.97. The molecule has 2 aromatic heterocycles. The van der Waals surface area contributed by atoms with Crippen molar-refractivity contribution < 1.29 is 9.59 Å². The fourth-order valence-electron chi connectivity index (χ4n) is 4.36. The number of amides is 2. The van der Waals surface area contributed by atoms with Gasteiger partial charge in [-0.25, -0.2) is 9.50 Å². The highest BCUT2D eigenvalue weighted by atomic mass is 16.1. The van der Waals surface area contributed by atoms with Crippen molar-refractivity contribution >= 4 is 18.0 Å². The van der Waals surface area contributed by atoms with Crippen molar-refractivity contribution in [3.05, 3.63) is 29.7 Å². The second-order valence-corrected chi connectivity index (χ2v) is 7.93. The van der Waals surface area contributed by atoms with Gasteiger partial charge in [0, 0.05) is 6.92 Å². The molecule has 2 unspecified atom stereocenters. The molecular formula is C20H27N5O2. The maximum Gasteiger partial charge on any atom is 0.217 e. The average Bonchev–Trinajstić information content (AvgIpc) is 3.43. The van der Waals surface area contributed by atoms with Crippen LogP contribution < -0.4 is 10.6 Å². The summed E-state index contributed by atoms with van der Waals surface area (Å²) < 4.78 is 1.76. The monoisotopic (exact) mass is 369 g/mol. The van der Waals surface area contributed by atoms with E-state index in [-0.39, 0.29) is 18.0 Å². The van der Waals surface area contributed by atoms with Gasteiger partial charge >= 0.3 is 0 Å². The van der Waals surface area contributed by atoms with Gasteiger partial charge in [0.2, 0.25) is 12.3 Å². The number of imidazole rings is 1. The molecule has 2 saturated carbocycles. The summed E-state index contributed by atoms with van der Waals surface area (Å²) in [5.41, 5.74) is 2.61. The van der Waals surface area contributed by atoms with Crippen LogP contribution in [0.5, 0.6) is 0 Å². The quantitative estimate of drug-likeness (QED) is 0.735. The Morgan fingerprint density at radius 1 is 1.19 bits per heavy atom. The molecule has 0 saturated heterocycles. The highest BCUT2D eigenvalue weighted by Gasteiger charge is 2.33. The minimum atomic E-state index is -0.0671. The number of aromatic nitrogens is 3. The van der Waals surface area contributed by atoms with Crippen molar-refractivity contribution in [2.45, 2.75) is 64.0 Å². The van der Waals surface area contributed by atoms with Crippen LogP contribution in [0, 0.1) is 11.8 Å². The lowest BCUT2D eigenvalue weighted by molar-refractivity contribution is -0.119. The second-order valence-electron chi connectivity index (χ2n) is 7.93. The number of rotatable bonds is 7. The van der Waals surface area contributed by atoms with E-state index in [0.717, 1.165) is 49.0 Å². The van der Waals surface area contributed by atoms with Crippen molar-refractivity contribution in [3.63, 3.8) is 0 Å². The summed E-state index contributed by atoms with van der Waals surface area (Å²) in [6.45, 7) is 1.55. The van der Waals surface area contributed by atoms with Gasteiger partial charge in [-0.3, -0.25) is 9.59 Å². The van der Waals surface area contributed by atoms with Gasteiger partial charge in [0.05, 0.1) is 30.2 Å². The van der Waals surface area contributed by atoms with Crippen LogP contribution in [-0.2, 0) is 9.59 Å². The molecule has 2 N–H and O–H groups in total. The van der Waals surface area contributed by atoms with Gasteiger partial charge < -0.3 is 10.6 Å². The third-order valence-corrected chi connectivity index (χ3v) is 5.86. The fraction of sp³-hybridized carbons (Fsp3) is 0.600. The van der Waals surface area contributed by atoms with E-state index in [4.69, 9.17) is 4.98 Å². The first kappa shape index (κ1) is 17.9. The van der Waals surface area contributed by atoms with E-state index in [0.29, 0.717) is 11.8 Å². The first-order chi connectivity index (χ1) is 13.2. The molecule has 2 aromatic rings. The molecule has 0 radical (unpaired) electrons. The van der Waals surface area contributed by atoms with Gasteiger partial charge in [0.25, 0.3) is 0 Å². The van der Waals surface area contributed by atoms with Crippen molar-refractivity contribution in [1.29, 1.82) is 0 Å². The number of fused-ring (bicyclic) bond motifs is 1. The van der Waals surface area contributed by atoms with Gasteiger partial charge in [-0.15, -0.1) is 0 Å². The molecule has 2 amide bonds. The van der Waals surface area contributed by atoms with E-state index < -0.39 is 0 Å². The minimum Gasteiger partial charge on any atom is -0.350 e. The normalized spacial score (nSPS) is 20.2. The molecule has 0 aromatic carbocycles. The predicted octanol–water partition coefficient (Wildman–Crippen LogP) is 2.68. The lowest BCUT2D eigenvalue weighted by Crippen LogP contribution is -2.29. The van der Waals surface area contributed by atoms with Crippen molar-refractivity contribution in [2.24, 2.45) is 11.8 Å². The van der Waals surface area contributed by atoms with E-state index >= 15 is 0 Å². The van der Waals surface area contributed by atoms with E-state index in [1.807, 2.05) is 18.5 Å². The zero-order valence-corrected chi connectivity index (χ0v) is 15.7. The maximum absolute atomic E-state index is 11.6. The number of hydrogen-bond acceptors (Lipinski definition) is 4. The largest absolute Gasteiger partial charge is 0.350 e. The van der Waals surface area contributed by atoms with Gasteiger partial charge in [0.1, 0.15) is 0 Å². The summed E-state index contributed by atoms with van der Waals surface area (Å²) in [6.07, 6.45) is 12.7. The highest BCUT2D eigenvalue weighted by molar-refractivity contribution is 5.73. The molecule has 2 heterocycles. The molecule has 0 spiro atoms. The number of carbonyl (C=O) groups excluding carboxylic acids is 2. The first-order valence-electron chi connectivity index (χ1n) is 9.97.